The largest absolute Gasteiger partial charge is 0.481 e. The maximum atomic E-state index is 10.8. The predicted molar refractivity (Wildman–Crippen MR) is 58.8 cm³/mol. The van der Waals surface area contributed by atoms with Crippen molar-refractivity contribution in [3.63, 3.8) is 0 Å². The quantitative estimate of drug-likeness (QED) is 0.804. The fourth-order valence-electron chi connectivity index (χ4n) is 1.72. The number of fused-ring (bicyclic) bond motifs is 1. The molecular weight excluding hydrogens is 190 g/mol. The molecule has 0 radical (unpaired) electrons. The van der Waals surface area contributed by atoms with Gasteiger partial charge in [-0.15, -0.1) is 0 Å². The minimum Gasteiger partial charge on any atom is -0.481 e. The lowest BCUT2D eigenvalue weighted by molar-refractivity contribution is -0.141. The van der Waals surface area contributed by atoms with Crippen LogP contribution in [0.2, 0.25) is 0 Å². The number of hydrogen-bond acceptors (Lipinski definition) is 1. The van der Waals surface area contributed by atoms with Gasteiger partial charge in [0.2, 0.25) is 0 Å². The van der Waals surface area contributed by atoms with Gasteiger partial charge in [-0.2, -0.15) is 0 Å². The molecule has 78 valence electrons. The molecule has 1 aromatic heterocycles. The Bertz CT molecular complexity index is 487. The van der Waals surface area contributed by atoms with Gasteiger partial charge in [0.05, 0.1) is 5.92 Å². The number of carboxylic acid groups (broad SMARTS) is 1. The highest BCUT2D eigenvalue weighted by Crippen LogP contribution is 2.20. The van der Waals surface area contributed by atoms with E-state index in [-0.39, 0.29) is 5.92 Å². The predicted octanol–water partition coefficient (Wildman–Crippen LogP) is 2.43. The smallest absolute Gasteiger partial charge is 0.306 e. The minimum atomic E-state index is -0.750. The highest BCUT2D eigenvalue weighted by atomic mass is 16.4. The van der Waals surface area contributed by atoms with Crippen LogP contribution >= 0.6 is 0 Å². The fourth-order valence-corrected chi connectivity index (χ4v) is 1.72. The first kappa shape index (κ1) is 9.77. The number of carboxylic acids is 1. The Hall–Kier alpha value is -1.77. The average Bonchev–Trinajstić information content (AvgIpc) is 2.62. The van der Waals surface area contributed by atoms with Crippen LogP contribution in [0.25, 0.3) is 10.9 Å². The zero-order valence-electron chi connectivity index (χ0n) is 8.53. The molecule has 1 aromatic carbocycles. The second-order valence-electron chi connectivity index (χ2n) is 3.80. The number of para-hydroxylation sites is 1. The van der Waals surface area contributed by atoms with E-state index in [1.54, 1.807) is 6.92 Å². The molecule has 0 fully saturated rings. The average molecular weight is 203 g/mol. The Balaban J connectivity index is 2.32. The van der Waals surface area contributed by atoms with Crippen LogP contribution in [0.1, 0.15) is 12.5 Å². The number of nitrogens with one attached hydrogen (secondary N) is 1. The molecule has 15 heavy (non-hydrogen) atoms. The van der Waals surface area contributed by atoms with Crippen LogP contribution in [0, 0.1) is 5.92 Å². The summed E-state index contributed by atoms with van der Waals surface area (Å²) in [6.45, 7) is 1.73. The van der Waals surface area contributed by atoms with E-state index < -0.39 is 5.97 Å². The molecule has 0 bridgehead atoms. The number of aromatic nitrogens is 1. The number of aliphatic carboxylic acids is 1. The zero-order valence-corrected chi connectivity index (χ0v) is 8.53. The summed E-state index contributed by atoms with van der Waals surface area (Å²) < 4.78 is 0. The van der Waals surface area contributed by atoms with Crippen LogP contribution in [0.15, 0.2) is 30.5 Å². The number of hydrogen-bond donors (Lipinski definition) is 2. The van der Waals surface area contributed by atoms with Crippen LogP contribution in [-0.2, 0) is 11.2 Å². The van der Waals surface area contributed by atoms with Gasteiger partial charge in [-0.1, -0.05) is 25.1 Å². The van der Waals surface area contributed by atoms with E-state index in [0.29, 0.717) is 6.42 Å². The van der Waals surface area contributed by atoms with Gasteiger partial charge in [0.1, 0.15) is 0 Å². The summed E-state index contributed by atoms with van der Waals surface area (Å²) in [5, 5.41) is 9.96. The molecule has 2 aromatic rings. The highest BCUT2D eigenvalue weighted by molar-refractivity contribution is 5.83. The van der Waals surface area contributed by atoms with Crippen molar-refractivity contribution in [2.24, 2.45) is 5.92 Å². The van der Waals surface area contributed by atoms with E-state index in [0.717, 1.165) is 16.5 Å². The molecule has 1 heterocycles. The van der Waals surface area contributed by atoms with E-state index >= 15 is 0 Å². The van der Waals surface area contributed by atoms with Gasteiger partial charge in [0, 0.05) is 17.1 Å². The number of benzene rings is 1. The number of carbonyl (C=O) groups is 1. The third-order valence-electron chi connectivity index (χ3n) is 2.62. The zero-order chi connectivity index (χ0) is 10.8. The Morgan fingerprint density at radius 1 is 1.47 bits per heavy atom. The van der Waals surface area contributed by atoms with Crippen molar-refractivity contribution < 1.29 is 9.90 Å². The Morgan fingerprint density at radius 2 is 2.20 bits per heavy atom. The van der Waals surface area contributed by atoms with Crippen molar-refractivity contribution in [3.05, 3.63) is 36.0 Å². The normalized spacial score (nSPS) is 12.9. The van der Waals surface area contributed by atoms with Crippen molar-refractivity contribution >= 4 is 16.9 Å². The van der Waals surface area contributed by atoms with Crippen molar-refractivity contribution in [2.45, 2.75) is 13.3 Å². The molecular formula is C12H13NO2. The van der Waals surface area contributed by atoms with Gasteiger partial charge in [0.15, 0.2) is 0 Å². The molecule has 0 saturated carbocycles. The van der Waals surface area contributed by atoms with E-state index in [9.17, 15) is 4.79 Å². The Kier molecular flexibility index (Phi) is 2.46. The van der Waals surface area contributed by atoms with Crippen molar-refractivity contribution in [3.8, 4) is 0 Å². The molecule has 3 heteroatoms. The van der Waals surface area contributed by atoms with Crippen LogP contribution in [0.3, 0.4) is 0 Å². The van der Waals surface area contributed by atoms with E-state index in [4.69, 9.17) is 5.11 Å². The maximum Gasteiger partial charge on any atom is 0.306 e. The summed E-state index contributed by atoms with van der Waals surface area (Å²) in [4.78, 5) is 13.9. The van der Waals surface area contributed by atoms with Crippen LogP contribution in [0.4, 0.5) is 0 Å². The van der Waals surface area contributed by atoms with Crippen molar-refractivity contribution in [1.82, 2.24) is 4.98 Å². The molecule has 0 aliphatic rings. The topological polar surface area (TPSA) is 53.1 Å². The van der Waals surface area contributed by atoms with Crippen LogP contribution in [-0.4, -0.2) is 16.1 Å². The summed E-state index contributed by atoms with van der Waals surface area (Å²) in [5.74, 6) is -1.09. The van der Waals surface area contributed by atoms with Gasteiger partial charge in [-0.25, -0.2) is 0 Å². The molecule has 2 N–H and O–H groups in total. The second-order valence-corrected chi connectivity index (χ2v) is 3.80. The minimum absolute atomic E-state index is 0.343. The van der Waals surface area contributed by atoms with Gasteiger partial charge in [0.25, 0.3) is 0 Å². The van der Waals surface area contributed by atoms with E-state index in [2.05, 4.69) is 4.98 Å². The molecule has 1 atom stereocenters. The molecule has 0 amide bonds. The maximum absolute atomic E-state index is 10.8. The fraction of sp³-hybridized carbons (Fsp3) is 0.250. The Morgan fingerprint density at radius 3 is 2.93 bits per heavy atom. The van der Waals surface area contributed by atoms with E-state index in [1.165, 1.54) is 0 Å². The molecule has 0 aliphatic carbocycles. The summed E-state index contributed by atoms with van der Waals surface area (Å²) in [5.41, 5.74) is 2.13. The van der Waals surface area contributed by atoms with Crippen LogP contribution < -0.4 is 0 Å². The lowest BCUT2D eigenvalue weighted by atomic mass is 10.0. The summed E-state index contributed by atoms with van der Waals surface area (Å²) in [7, 11) is 0. The molecule has 3 nitrogen and oxygen atoms in total. The molecule has 2 rings (SSSR count). The first-order chi connectivity index (χ1) is 7.18. The summed E-state index contributed by atoms with van der Waals surface area (Å²) in [6, 6.07) is 7.92. The molecule has 0 saturated heterocycles. The number of H-pyrrole nitrogens is 1. The number of aromatic amines is 1. The molecule has 1 unspecified atom stereocenters. The third-order valence-corrected chi connectivity index (χ3v) is 2.62. The van der Waals surface area contributed by atoms with Crippen molar-refractivity contribution in [2.75, 3.05) is 0 Å². The van der Waals surface area contributed by atoms with Crippen molar-refractivity contribution in [1.29, 1.82) is 0 Å². The lowest BCUT2D eigenvalue weighted by Gasteiger charge is -2.04. The lowest BCUT2D eigenvalue weighted by Crippen LogP contribution is -2.11. The highest BCUT2D eigenvalue weighted by Gasteiger charge is 2.13. The monoisotopic (exact) mass is 203 g/mol. The van der Waals surface area contributed by atoms with Gasteiger partial charge in [-0.05, 0) is 18.1 Å². The first-order valence-electron chi connectivity index (χ1n) is 4.96. The second kappa shape index (κ2) is 3.77. The van der Waals surface area contributed by atoms with Crippen LogP contribution in [0.5, 0.6) is 0 Å². The molecule has 0 aliphatic heterocycles. The molecule has 0 spiro atoms. The standard InChI is InChI=1S/C12H13NO2/c1-8(12(14)15)6-9-7-13-11-5-3-2-4-10(9)11/h2-5,7-8,13H,6H2,1H3,(H,14,15). The Labute approximate surface area is 87.7 Å². The summed E-state index contributed by atoms with van der Waals surface area (Å²) >= 11 is 0. The summed E-state index contributed by atoms with van der Waals surface area (Å²) in [6.07, 6.45) is 2.46. The number of rotatable bonds is 3. The van der Waals surface area contributed by atoms with Gasteiger partial charge in [-0.3, -0.25) is 4.79 Å². The van der Waals surface area contributed by atoms with E-state index in [1.807, 2.05) is 30.5 Å². The van der Waals surface area contributed by atoms with Gasteiger partial charge < -0.3 is 10.1 Å². The third kappa shape index (κ3) is 1.86. The first-order valence-corrected chi connectivity index (χ1v) is 4.96. The SMILES string of the molecule is CC(Cc1c[nH]c2ccccc12)C(=O)O. The van der Waals surface area contributed by atoms with Gasteiger partial charge >= 0.3 is 5.97 Å².